The molecule has 0 unspecified atom stereocenters. The van der Waals surface area contributed by atoms with E-state index in [0.29, 0.717) is 0 Å². The summed E-state index contributed by atoms with van der Waals surface area (Å²) in [6.07, 6.45) is 0. The maximum Gasteiger partial charge on any atom is 0.276 e. The first-order valence-electron chi connectivity index (χ1n) is 6.40. The van der Waals surface area contributed by atoms with Crippen LogP contribution in [0, 0.1) is 0 Å². The van der Waals surface area contributed by atoms with Gasteiger partial charge in [-0.3, -0.25) is 0 Å². The van der Waals surface area contributed by atoms with Crippen molar-refractivity contribution in [3.05, 3.63) is 0 Å². The summed E-state index contributed by atoms with van der Waals surface area (Å²) in [7, 11) is -6.62. The zero-order valence-electron chi connectivity index (χ0n) is 12.1. The van der Waals surface area contributed by atoms with E-state index in [1.807, 2.05) is 55.4 Å². The Morgan fingerprint density at radius 2 is 0.625 bits per heavy atom. The first-order chi connectivity index (χ1) is 7.02. The lowest BCUT2D eigenvalue weighted by atomic mass is 10.5. The second kappa shape index (κ2) is 5.29. The maximum atomic E-state index is 15.4. The van der Waals surface area contributed by atoms with Crippen molar-refractivity contribution >= 4 is 15.9 Å². The Hall–Kier alpha value is 0.294. The van der Waals surface area contributed by atoms with Gasteiger partial charge in [0, 0.05) is 0 Å². The fourth-order valence-electron chi connectivity index (χ4n) is 3.10. The quantitative estimate of drug-likeness (QED) is 0.453. The Morgan fingerprint density at radius 1 is 0.500 bits per heavy atom. The Bertz CT molecular complexity index is 185. The summed E-state index contributed by atoms with van der Waals surface area (Å²) in [6, 6.07) is 0. The largest absolute Gasteiger partial charge is 0.314 e. The van der Waals surface area contributed by atoms with E-state index < -0.39 is 15.9 Å². The third-order valence-electron chi connectivity index (χ3n) is 3.95. The molecule has 0 fully saturated rings. The van der Waals surface area contributed by atoms with Crippen molar-refractivity contribution in [2.75, 3.05) is 0 Å². The Balaban J connectivity index is 5.64. The summed E-state index contributed by atoms with van der Waals surface area (Å²) in [5.41, 5.74) is -0.467. The van der Waals surface area contributed by atoms with Gasteiger partial charge in [-0.05, 0) is 22.2 Å². The van der Waals surface area contributed by atoms with E-state index in [2.05, 4.69) is 0 Å². The number of halogens is 2. The first kappa shape index (κ1) is 16.3. The molecule has 0 aromatic rings. The van der Waals surface area contributed by atoms with E-state index in [-0.39, 0.29) is 22.2 Å². The lowest BCUT2D eigenvalue weighted by Gasteiger charge is -2.45. The average molecular weight is 267 g/mol. The van der Waals surface area contributed by atoms with E-state index in [1.165, 1.54) is 0 Å². The molecule has 0 radical (unpaired) electrons. The molecule has 0 bridgehead atoms. The number of hydrogen-bond donors (Lipinski definition) is 0. The van der Waals surface area contributed by atoms with Crippen molar-refractivity contribution in [1.29, 1.82) is 0 Å². The predicted molar refractivity (Wildman–Crippen MR) is 74.1 cm³/mol. The third-order valence-corrected chi connectivity index (χ3v) is 22.3. The van der Waals surface area contributed by atoms with Crippen LogP contribution in [0.25, 0.3) is 0 Å². The summed E-state index contributed by atoms with van der Waals surface area (Å²) >= 11 is 0. The van der Waals surface area contributed by atoms with Crippen LogP contribution in [-0.2, 0) is 0 Å². The fraction of sp³-hybridized carbons (Fsp3) is 1.00. The molecular weight excluding hydrogens is 238 g/mol. The minimum atomic E-state index is -3.31. The van der Waals surface area contributed by atoms with Crippen LogP contribution in [0.3, 0.4) is 0 Å². The van der Waals surface area contributed by atoms with E-state index in [1.54, 1.807) is 0 Å². The molecule has 0 amide bonds. The van der Waals surface area contributed by atoms with Crippen LogP contribution in [0.2, 0.25) is 22.2 Å². The molecule has 0 N–H and O–H groups in total. The van der Waals surface area contributed by atoms with Gasteiger partial charge in [-0.2, -0.15) is 0 Å². The lowest BCUT2D eigenvalue weighted by molar-refractivity contribution is 0.633. The van der Waals surface area contributed by atoms with Gasteiger partial charge in [0.05, 0.1) is 0 Å². The number of hydrogen-bond acceptors (Lipinski definition) is 0. The highest BCUT2D eigenvalue weighted by atomic mass is 29.3. The molecular formula is C12H28F2Si2. The molecule has 0 aliphatic rings. The van der Waals surface area contributed by atoms with Crippen molar-refractivity contribution < 1.29 is 8.22 Å². The molecule has 0 rings (SSSR count). The molecule has 0 aliphatic carbocycles. The van der Waals surface area contributed by atoms with E-state index in [4.69, 9.17) is 0 Å². The van der Waals surface area contributed by atoms with Crippen molar-refractivity contribution in [3.8, 4) is 0 Å². The molecule has 0 saturated carbocycles. The van der Waals surface area contributed by atoms with Gasteiger partial charge in [-0.25, -0.2) is 0 Å². The molecule has 98 valence electrons. The summed E-state index contributed by atoms with van der Waals surface area (Å²) in [5.74, 6) is 0. The van der Waals surface area contributed by atoms with Crippen molar-refractivity contribution in [2.45, 2.75) is 77.6 Å². The highest BCUT2D eigenvalue weighted by Gasteiger charge is 2.66. The smallest absolute Gasteiger partial charge is 0.276 e. The molecule has 16 heavy (non-hydrogen) atoms. The van der Waals surface area contributed by atoms with Gasteiger partial charge in [0.1, 0.15) is 0 Å². The van der Waals surface area contributed by atoms with Crippen molar-refractivity contribution in [2.24, 2.45) is 0 Å². The molecule has 4 heteroatoms. The Morgan fingerprint density at radius 3 is 0.688 bits per heavy atom. The summed E-state index contributed by atoms with van der Waals surface area (Å²) in [6.45, 7) is 15.0. The third kappa shape index (κ3) is 2.28. The maximum absolute atomic E-state index is 15.4. The topological polar surface area (TPSA) is 0 Å². The highest BCUT2D eigenvalue weighted by Crippen LogP contribution is 2.51. The summed E-state index contributed by atoms with van der Waals surface area (Å²) in [4.78, 5) is 0. The molecule has 0 nitrogen and oxygen atoms in total. The predicted octanol–water partition coefficient (Wildman–Crippen LogP) is 5.53. The Labute approximate surface area is 102 Å². The van der Waals surface area contributed by atoms with Crippen LogP contribution >= 0.6 is 0 Å². The van der Waals surface area contributed by atoms with Crippen LogP contribution in [0.4, 0.5) is 8.22 Å². The standard InChI is InChI=1S/C12H28F2Si2/c1-9(2)15(13,10(3)4)16(14,11(5)6)12(7)8/h9-12H,1-8H3. The van der Waals surface area contributed by atoms with Crippen LogP contribution in [0.1, 0.15) is 55.4 Å². The van der Waals surface area contributed by atoms with Gasteiger partial charge < -0.3 is 8.22 Å². The van der Waals surface area contributed by atoms with Gasteiger partial charge in [0.2, 0.25) is 0 Å². The van der Waals surface area contributed by atoms with E-state index >= 15 is 8.22 Å². The highest BCUT2D eigenvalue weighted by molar-refractivity contribution is 7.38. The minimum Gasteiger partial charge on any atom is -0.314 e. The first-order valence-corrected chi connectivity index (χ1v) is 11.5. The van der Waals surface area contributed by atoms with Crippen molar-refractivity contribution in [1.82, 2.24) is 0 Å². The molecule has 0 aromatic heterocycles. The fourth-order valence-corrected chi connectivity index (χ4v) is 19.9. The van der Waals surface area contributed by atoms with E-state index in [9.17, 15) is 0 Å². The van der Waals surface area contributed by atoms with E-state index in [0.717, 1.165) is 0 Å². The SMILES string of the molecule is CC(C)[Si](F)(C(C)C)[Si](F)(C(C)C)C(C)C. The summed E-state index contributed by atoms with van der Waals surface area (Å²) in [5, 5.41) is 0. The molecule has 0 heterocycles. The lowest BCUT2D eigenvalue weighted by Crippen LogP contribution is -2.64. The van der Waals surface area contributed by atoms with Crippen molar-refractivity contribution in [3.63, 3.8) is 0 Å². The molecule has 0 saturated heterocycles. The van der Waals surface area contributed by atoms with Crippen LogP contribution < -0.4 is 0 Å². The molecule has 0 spiro atoms. The zero-order valence-corrected chi connectivity index (χ0v) is 14.1. The number of rotatable bonds is 5. The van der Waals surface area contributed by atoms with Gasteiger partial charge in [-0.1, -0.05) is 55.4 Å². The van der Waals surface area contributed by atoms with Gasteiger partial charge in [-0.15, -0.1) is 0 Å². The molecule has 0 atom stereocenters. The second-order valence-electron chi connectivity index (χ2n) is 6.15. The molecule has 0 aliphatic heterocycles. The van der Waals surface area contributed by atoms with Gasteiger partial charge in [0.15, 0.2) is 0 Å². The monoisotopic (exact) mass is 266 g/mol. The van der Waals surface area contributed by atoms with Gasteiger partial charge in [0.25, 0.3) is 15.9 Å². The molecule has 0 aromatic carbocycles. The van der Waals surface area contributed by atoms with Gasteiger partial charge >= 0.3 is 0 Å². The minimum absolute atomic E-state index is 0.117. The van der Waals surface area contributed by atoms with Crippen LogP contribution in [0.15, 0.2) is 0 Å². The van der Waals surface area contributed by atoms with Crippen LogP contribution in [0.5, 0.6) is 0 Å². The normalized spacial score (nSPS) is 14.6. The Kier molecular flexibility index (Phi) is 5.39. The second-order valence-corrected chi connectivity index (χ2v) is 18.4. The average Bonchev–Trinajstić information content (AvgIpc) is 2.13. The van der Waals surface area contributed by atoms with Crippen LogP contribution in [-0.4, -0.2) is 15.9 Å². The summed E-state index contributed by atoms with van der Waals surface area (Å²) < 4.78 is 30.8. The zero-order chi connectivity index (χ0) is 13.3.